The van der Waals surface area contributed by atoms with Gasteiger partial charge in [-0.05, 0) is 18.6 Å². The van der Waals surface area contributed by atoms with Gasteiger partial charge in [-0.25, -0.2) is 4.98 Å². The van der Waals surface area contributed by atoms with Crippen LogP contribution in [-0.4, -0.2) is 44.5 Å². The number of nitrogens with zero attached hydrogens (tertiary/aromatic N) is 3. The summed E-state index contributed by atoms with van der Waals surface area (Å²) in [5.74, 6) is 2.76. The second-order valence-electron chi connectivity index (χ2n) is 5.26. The van der Waals surface area contributed by atoms with Crippen LogP contribution in [0.1, 0.15) is 12.1 Å². The van der Waals surface area contributed by atoms with Crippen LogP contribution in [-0.2, 0) is 5.75 Å². The SMILES string of the molecule is O=[N+]([O-])/C=C(\NCCCSc1ncc[nH]1)NCCSCc1ncccc1Cl. The second-order valence-corrected chi connectivity index (χ2v) is 7.86. The molecule has 0 bridgehead atoms. The number of imidazole rings is 1. The van der Waals surface area contributed by atoms with E-state index in [1.54, 1.807) is 48.2 Å². The van der Waals surface area contributed by atoms with Crippen molar-refractivity contribution in [1.82, 2.24) is 25.6 Å². The van der Waals surface area contributed by atoms with E-state index < -0.39 is 4.92 Å². The Morgan fingerprint density at radius 3 is 2.89 bits per heavy atom. The van der Waals surface area contributed by atoms with Crippen molar-refractivity contribution in [2.24, 2.45) is 0 Å². The molecule has 8 nitrogen and oxygen atoms in total. The standard InChI is InChI=1S/C16H21ClN6O2S2/c17-13-3-1-4-18-14(13)12-26-10-8-20-15(11-23(24)25)19-5-2-9-27-16-21-6-7-22-16/h1,3-4,6-7,11,19-20H,2,5,8-10,12H2,(H,21,22)/b15-11+. The molecular weight excluding hydrogens is 408 g/mol. The molecule has 0 saturated carbocycles. The van der Waals surface area contributed by atoms with Gasteiger partial charge in [0, 0.05) is 48.9 Å². The molecule has 0 fully saturated rings. The zero-order chi connectivity index (χ0) is 19.3. The van der Waals surface area contributed by atoms with Gasteiger partial charge in [-0.2, -0.15) is 11.8 Å². The Hall–Kier alpha value is -1.91. The van der Waals surface area contributed by atoms with Crippen molar-refractivity contribution < 1.29 is 4.92 Å². The van der Waals surface area contributed by atoms with Gasteiger partial charge in [-0.3, -0.25) is 15.1 Å². The van der Waals surface area contributed by atoms with Crippen molar-refractivity contribution in [1.29, 1.82) is 0 Å². The molecular formula is C16H21ClN6O2S2. The van der Waals surface area contributed by atoms with E-state index in [9.17, 15) is 10.1 Å². The zero-order valence-electron chi connectivity index (χ0n) is 14.6. The van der Waals surface area contributed by atoms with Gasteiger partial charge < -0.3 is 15.6 Å². The fourth-order valence-corrected chi connectivity index (χ4v) is 3.85. The Bertz CT molecular complexity index is 729. The number of aromatic amines is 1. The van der Waals surface area contributed by atoms with Crippen molar-refractivity contribution in [3.63, 3.8) is 0 Å². The minimum Gasteiger partial charge on any atom is -0.367 e. The van der Waals surface area contributed by atoms with Crippen molar-refractivity contribution in [3.05, 3.63) is 63.6 Å². The number of aromatic nitrogens is 3. The minimum atomic E-state index is -0.465. The van der Waals surface area contributed by atoms with Crippen molar-refractivity contribution in [2.75, 3.05) is 24.6 Å². The summed E-state index contributed by atoms with van der Waals surface area (Å²) >= 11 is 9.35. The smallest absolute Gasteiger partial charge is 0.274 e. The first-order chi connectivity index (χ1) is 13.1. The topological polar surface area (TPSA) is 109 Å². The van der Waals surface area contributed by atoms with Gasteiger partial charge in [0.2, 0.25) is 0 Å². The van der Waals surface area contributed by atoms with Crippen LogP contribution in [0.2, 0.25) is 5.02 Å². The highest BCUT2D eigenvalue weighted by molar-refractivity contribution is 7.99. The minimum absolute atomic E-state index is 0.416. The predicted octanol–water partition coefficient (Wildman–Crippen LogP) is 3.13. The number of hydrogen-bond acceptors (Lipinski definition) is 8. The Balaban J connectivity index is 1.62. The Morgan fingerprint density at radius 1 is 1.30 bits per heavy atom. The van der Waals surface area contributed by atoms with Gasteiger partial charge in [0.1, 0.15) is 0 Å². The van der Waals surface area contributed by atoms with Crippen LogP contribution in [0.5, 0.6) is 0 Å². The van der Waals surface area contributed by atoms with E-state index in [0.717, 1.165) is 35.0 Å². The summed E-state index contributed by atoms with van der Waals surface area (Å²) < 4.78 is 0. The fourth-order valence-electron chi connectivity index (χ4n) is 2.00. The molecule has 2 heterocycles. The first-order valence-corrected chi connectivity index (χ1v) is 10.8. The number of nitrogens with one attached hydrogen (secondary N) is 3. The largest absolute Gasteiger partial charge is 0.367 e. The van der Waals surface area contributed by atoms with E-state index in [1.165, 1.54) is 0 Å². The van der Waals surface area contributed by atoms with Crippen LogP contribution in [0.4, 0.5) is 0 Å². The Labute approximate surface area is 171 Å². The van der Waals surface area contributed by atoms with Crippen LogP contribution in [0.3, 0.4) is 0 Å². The summed E-state index contributed by atoms with van der Waals surface area (Å²) in [6.07, 6.45) is 7.02. The van der Waals surface area contributed by atoms with Gasteiger partial charge in [-0.1, -0.05) is 23.4 Å². The first-order valence-electron chi connectivity index (χ1n) is 8.27. The van der Waals surface area contributed by atoms with Crippen LogP contribution < -0.4 is 10.6 Å². The number of H-pyrrole nitrogens is 1. The number of thioether (sulfide) groups is 2. The molecule has 11 heteroatoms. The van der Waals surface area contributed by atoms with Crippen molar-refractivity contribution in [2.45, 2.75) is 17.3 Å². The Kier molecular flexibility index (Phi) is 9.88. The maximum atomic E-state index is 10.8. The molecule has 0 radical (unpaired) electrons. The third kappa shape index (κ3) is 9.03. The molecule has 0 aliphatic carbocycles. The molecule has 0 spiro atoms. The number of halogens is 1. The van der Waals surface area contributed by atoms with Crippen LogP contribution in [0, 0.1) is 10.1 Å². The highest BCUT2D eigenvalue weighted by Gasteiger charge is 2.04. The number of rotatable bonds is 13. The number of pyridine rings is 1. The van der Waals surface area contributed by atoms with Gasteiger partial charge in [0.05, 0.1) is 15.6 Å². The van der Waals surface area contributed by atoms with E-state index in [0.29, 0.717) is 29.7 Å². The third-order valence-electron chi connectivity index (χ3n) is 3.22. The van der Waals surface area contributed by atoms with Crippen LogP contribution in [0.25, 0.3) is 0 Å². The lowest BCUT2D eigenvalue weighted by atomic mass is 10.4. The van der Waals surface area contributed by atoms with Crippen molar-refractivity contribution >= 4 is 35.1 Å². The molecule has 2 aromatic rings. The van der Waals surface area contributed by atoms with Gasteiger partial charge in [0.15, 0.2) is 11.0 Å². The molecule has 2 rings (SSSR count). The molecule has 146 valence electrons. The van der Waals surface area contributed by atoms with Crippen molar-refractivity contribution in [3.8, 4) is 0 Å². The molecule has 0 aliphatic heterocycles. The summed E-state index contributed by atoms with van der Waals surface area (Å²) in [7, 11) is 0. The first kappa shape index (κ1) is 21.4. The van der Waals surface area contributed by atoms with Gasteiger partial charge in [-0.15, -0.1) is 0 Å². The lowest BCUT2D eigenvalue weighted by Crippen LogP contribution is -2.29. The van der Waals surface area contributed by atoms with E-state index >= 15 is 0 Å². The molecule has 0 unspecified atom stereocenters. The summed E-state index contributed by atoms with van der Waals surface area (Å²) in [4.78, 5) is 21.7. The highest BCUT2D eigenvalue weighted by Crippen LogP contribution is 2.18. The predicted molar refractivity (Wildman–Crippen MR) is 110 cm³/mol. The van der Waals surface area contributed by atoms with E-state index in [1.807, 2.05) is 6.07 Å². The normalized spacial score (nSPS) is 11.4. The second kappa shape index (κ2) is 12.5. The molecule has 2 aromatic heterocycles. The number of nitro groups is 1. The maximum Gasteiger partial charge on any atom is 0.274 e. The van der Waals surface area contributed by atoms with E-state index in [4.69, 9.17) is 11.6 Å². The lowest BCUT2D eigenvalue weighted by molar-refractivity contribution is -0.404. The monoisotopic (exact) mass is 428 g/mol. The molecule has 0 aromatic carbocycles. The van der Waals surface area contributed by atoms with E-state index in [2.05, 4.69) is 25.6 Å². The average Bonchev–Trinajstić information content (AvgIpc) is 3.15. The summed E-state index contributed by atoms with van der Waals surface area (Å²) in [5, 5.41) is 18.4. The average molecular weight is 429 g/mol. The molecule has 27 heavy (non-hydrogen) atoms. The van der Waals surface area contributed by atoms with Gasteiger partial charge >= 0.3 is 0 Å². The lowest BCUT2D eigenvalue weighted by Gasteiger charge is -2.11. The molecule has 0 atom stereocenters. The quantitative estimate of drug-likeness (QED) is 0.193. The van der Waals surface area contributed by atoms with Crippen LogP contribution in [0.15, 0.2) is 47.9 Å². The molecule has 0 aliphatic rings. The summed E-state index contributed by atoms with van der Waals surface area (Å²) in [6, 6.07) is 3.61. The van der Waals surface area contributed by atoms with E-state index in [-0.39, 0.29) is 0 Å². The zero-order valence-corrected chi connectivity index (χ0v) is 16.9. The highest BCUT2D eigenvalue weighted by atomic mass is 35.5. The molecule has 0 saturated heterocycles. The molecule has 0 amide bonds. The maximum absolute atomic E-state index is 10.8. The summed E-state index contributed by atoms with van der Waals surface area (Å²) in [6.45, 7) is 1.24. The summed E-state index contributed by atoms with van der Waals surface area (Å²) in [5.41, 5.74) is 0.845. The Morgan fingerprint density at radius 2 is 2.15 bits per heavy atom. The van der Waals surface area contributed by atoms with Crippen LogP contribution >= 0.6 is 35.1 Å². The molecule has 3 N–H and O–H groups in total. The number of hydrogen-bond donors (Lipinski definition) is 3. The third-order valence-corrected chi connectivity index (χ3v) is 5.52. The fraction of sp³-hybridized carbons (Fsp3) is 0.375. The van der Waals surface area contributed by atoms with Gasteiger partial charge in [0.25, 0.3) is 6.20 Å².